The highest BCUT2D eigenvalue weighted by atomic mass is 35.5. The molecule has 2 heterocycles. The zero-order valence-corrected chi connectivity index (χ0v) is 43.7. The second-order valence-electron chi connectivity index (χ2n) is 21.8. The third-order valence-corrected chi connectivity index (χ3v) is 25.0. The molecule has 0 aliphatic heterocycles. The second-order valence-corrected chi connectivity index (χ2v) is 31.6. The molecule has 2 aromatic carbocycles. The van der Waals surface area contributed by atoms with Crippen molar-refractivity contribution in [3.8, 4) is 0 Å². The summed E-state index contributed by atoms with van der Waals surface area (Å²) >= 11 is 5.16. The molecule has 4 saturated carbocycles. The van der Waals surface area contributed by atoms with E-state index in [-0.39, 0.29) is 50.3 Å². The quantitative estimate of drug-likeness (QED) is 0.110. The number of nitrogens with zero attached hydrogens (tertiary/aromatic N) is 4. The Labute approximate surface area is 400 Å². The van der Waals surface area contributed by atoms with Gasteiger partial charge < -0.3 is 19.9 Å². The number of aromatic nitrogens is 4. The van der Waals surface area contributed by atoms with Gasteiger partial charge in [0.05, 0.1) is 24.3 Å². The van der Waals surface area contributed by atoms with E-state index in [2.05, 4.69) is 96.9 Å². The van der Waals surface area contributed by atoms with Gasteiger partial charge in [0.1, 0.15) is 24.0 Å². The molecule has 4 aromatic rings. The predicted octanol–water partition coefficient (Wildman–Crippen LogP) is 10.8. The first-order valence-corrected chi connectivity index (χ1v) is 29.5. The van der Waals surface area contributed by atoms with Crippen LogP contribution in [0.4, 0.5) is 20.4 Å². The first-order chi connectivity index (χ1) is 31.2. The molecule has 0 radical (unpaired) electrons. The molecule has 2 aromatic heterocycles. The Morgan fingerprint density at radius 1 is 0.716 bits per heavy atom. The van der Waals surface area contributed by atoms with Gasteiger partial charge in [-0.25, -0.2) is 18.4 Å². The highest BCUT2D eigenvalue weighted by molar-refractivity contribution is 6.74. The van der Waals surface area contributed by atoms with Crippen LogP contribution < -0.4 is 22.4 Å². The Bertz CT molecular complexity index is 2540. The van der Waals surface area contributed by atoms with Crippen molar-refractivity contribution in [2.24, 2.45) is 22.7 Å². The first kappa shape index (κ1) is 52.0. The van der Waals surface area contributed by atoms with E-state index in [0.717, 1.165) is 25.7 Å². The molecule has 0 bridgehead atoms. The average Bonchev–Trinajstić information content (AvgIpc) is 4.15. The number of anilines is 2. The number of alkyl halides is 2. The SMILES string of the molecule is CC[C@@]12C[C@@H]1[C@@H](n1ccc(N)nc1=O)[C@H](F)[C@@H]2O[Si](C)(C)C(C)(C)C.CC[C@@]12C[C@@H]1[C@@H](n1ccc(NC(=O)c3ccccc3)nc1=O)[C@H](F)[C@@H]2O[Si](C)(C)C(C)(C)C.O=C(Cl)c1ccccc1. The van der Waals surface area contributed by atoms with E-state index in [0.29, 0.717) is 11.1 Å². The fourth-order valence-corrected chi connectivity index (χ4v) is 12.5. The number of hydrogen-bond acceptors (Lipinski definition) is 9. The lowest BCUT2D eigenvalue weighted by Crippen LogP contribution is -2.49. The van der Waals surface area contributed by atoms with E-state index in [1.807, 2.05) is 12.1 Å². The Morgan fingerprint density at radius 2 is 1.12 bits per heavy atom. The summed E-state index contributed by atoms with van der Waals surface area (Å²) in [5.41, 5.74) is 5.18. The molecular formula is C50H69ClF2N6O6Si2. The molecule has 4 aliphatic carbocycles. The van der Waals surface area contributed by atoms with Gasteiger partial charge in [0, 0.05) is 34.4 Å². The van der Waals surface area contributed by atoms with Crippen LogP contribution in [0.25, 0.3) is 0 Å². The van der Waals surface area contributed by atoms with Crippen molar-refractivity contribution in [3.05, 3.63) is 117 Å². The van der Waals surface area contributed by atoms with E-state index in [4.69, 9.17) is 26.2 Å². The summed E-state index contributed by atoms with van der Waals surface area (Å²) < 4.78 is 47.4. The molecule has 0 unspecified atom stereocenters. The largest absolute Gasteiger partial charge is 0.410 e. The lowest BCUT2D eigenvalue weighted by Gasteiger charge is -2.41. The van der Waals surface area contributed by atoms with Crippen LogP contribution >= 0.6 is 11.6 Å². The van der Waals surface area contributed by atoms with Gasteiger partial charge in [0.15, 0.2) is 16.6 Å². The maximum absolute atomic E-state index is 15.9. The van der Waals surface area contributed by atoms with E-state index >= 15 is 8.78 Å². The molecule has 17 heteroatoms. The molecule has 67 heavy (non-hydrogen) atoms. The van der Waals surface area contributed by atoms with Gasteiger partial charge in [0.2, 0.25) is 0 Å². The zero-order valence-electron chi connectivity index (χ0n) is 41.0. The molecule has 0 saturated heterocycles. The number of amides is 1. The number of benzene rings is 2. The summed E-state index contributed by atoms with van der Waals surface area (Å²) in [6.07, 6.45) is 3.15. The number of fused-ring (bicyclic) bond motifs is 2. The second kappa shape index (κ2) is 19.2. The van der Waals surface area contributed by atoms with Crippen LogP contribution in [0.1, 0.15) is 114 Å². The van der Waals surface area contributed by atoms with Crippen molar-refractivity contribution in [2.75, 3.05) is 11.1 Å². The van der Waals surface area contributed by atoms with Crippen molar-refractivity contribution in [3.63, 3.8) is 0 Å². The molecular weight excluding hydrogens is 910 g/mol. The van der Waals surface area contributed by atoms with Gasteiger partial charge in [-0.1, -0.05) is 104 Å². The number of nitrogens with two attached hydrogens (primary N) is 1. The summed E-state index contributed by atoms with van der Waals surface area (Å²) in [7, 11) is -4.29. The number of halogens is 3. The highest BCUT2D eigenvalue weighted by Crippen LogP contribution is 2.72. The molecule has 8 rings (SSSR count). The van der Waals surface area contributed by atoms with Crippen LogP contribution in [-0.4, -0.2) is 71.4 Å². The summed E-state index contributed by atoms with van der Waals surface area (Å²) in [4.78, 5) is 55.8. The minimum Gasteiger partial charge on any atom is -0.410 e. The van der Waals surface area contributed by atoms with Gasteiger partial charge in [-0.05, 0) is 110 Å². The Balaban J connectivity index is 0.000000191. The summed E-state index contributed by atoms with van der Waals surface area (Å²) in [5, 5.41) is 2.23. The zero-order chi connectivity index (χ0) is 49.7. The van der Waals surface area contributed by atoms with Crippen molar-refractivity contribution < 1.29 is 27.2 Å². The lowest BCUT2D eigenvalue weighted by molar-refractivity contribution is 0.0379. The maximum Gasteiger partial charge on any atom is 0.349 e. The number of nitrogen functional groups attached to an aromatic ring is 1. The average molecular weight is 980 g/mol. The lowest BCUT2D eigenvalue weighted by atomic mass is 9.97. The normalized spacial score (nSPS) is 28.5. The summed E-state index contributed by atoms with van der Waals surface area (Å²) in [5.74, 6) is 0.160. The van der Waals surface area contributed by atoms with Crippen molar-refractivity contribution in [2.45, 2.75) is 154 Å². The standard InChI is InChI=1S/C25H34FN3O3Si.C18H30FN3O2Si.C7H5ClO/c1-7-25-15-17(25)20(19(26)21(25)32-33(5,6)24(2,3)4)29-14-13-18(28-23(29)31)27-22(30)16-11-9-8-10-12-16;1-7-18-10-11(18)14(22-9-8-12(20)21-16(22)23)13(19)15(18)24-25(5,6)17(2,3)4;8-7(9)6-4-2-1-3-5-6/h8-14,17,19-21H,7,15H2,1-6H3,(H,27,28,30,31);8-9,11,13-15H,7,10H2,1-6H3,(H2,20,21,23);1-5H/t17-,19+,20-,21+,25-;11-,13+,14-,15+,18-;/m11./s1. The van der Waals surface area contributed by atoms with Crippen LogP contribution in [0, 0.1) is 22.7 Å². The van der Waals surface area contributed by atoms with Crippen molar-refractivity contribution in [1.82, 2.24) is 19.1 Å². The Hall–Kier alpha value is -4.36. The topological polar surface area (TPSA) is 160 Å². The van der Waals surface area contributed by atoms with E-state index in [1.54, 1.807) is 73.1 Å². The molecule has 10 atom stereocenters. The van der Waals surface area contributed by atoms with Crippen molar-refractivity contribution in [1.29, 1.82) is 0 Å². The third-order valence-electron chi connectivity index (χ3n) is 15.9. The number of hydrogen-bond donors (Lipinski definition) is 2. The van der Waals surface area contributed by atoms with Crippen LogP contribution in [-0.2, 0) is 8.85 Å². The van der Waals surface area contributed by atoms with E-state index in [1.165, 1.54) is 9.13 Å². The van der Waals surface area contributed by atoms with Gasteiger partial charge in [0.25, 0.3) is 11.1 Å². The summed E-state index contributed by atoms with van der Waals surface area (Å²) in [6, 6.07) is 19.5. The smallest absolute Gasteiger partial charge is 0.349 e. The predicted molar refractivity (Wildman–Crippen MR) is 266 cm³/mol. The van der Waals surface area contributed by atoms with Crippen LogP contribution in [0.5, 0.6) is 0 Å². The first-order valence-electron chi connectivity index (χ1n) is 23.3. The highest BCUT2D eigenvalue weighted by Gasteiger charge is 2.74. The number of rotatable bonds is 11. The third kappa shape index (κ3) is 10.3. The minimum atomic E-state index is -2.18. The van der Waals surface area contributed by atoms with Gasteiger partial charge >= 0.3 is 11.4 Å². The molecule has 4 aliphatic rings. The molecule has 4 fully saturated rings. The monoisotopic (exact) mass is 978 g/mol. The van der Waals surface area contributed by atoms with Crippen LogP contribution in [0.15, 0.2) is 94.8 Å². The van der Waals surface area contributed by atoms with Gasteiger partial charge in [-0.2, -0.15) is 9.97 Å². The Kier molecular flexibility index (Phi) is 14.9. The van der Waals surface area contributed by atoms with Gasteiger partial charge in [-0.3, -0.25) is 18.7 Å². The van der Waals surface area contributed by atoms with E-state index in [9.17, 15) is 19.2 Å². The number of carbonyl (C=O) groups is 2. The fourth-order valence-electron chi connectivity index (χ4n) is 9.69. The molecule has 364 valence electrons. The van der Waals surface area contributed by atoms with Crippen LogP contribution in [0.2, 0.25) is 36.3 Å². The van der Waals surface area contributed by atoms with Crippen LogP contribution in [0.3, 0.4) is 0 Å². The minimum absolute atomic E-state index is 0.0176. The molecule has 1 amide bonds. The Morgan fingerprint density at radius 3 is 1.48 bits per heavy atom. The number of carbonyl (C=O) groups excluding carboxylic acids is 2. The van der Waals surface area contributed by atoms with Gasteiger partial charge in [-0.15, -0.1) is 0 Å². The molecule has 0 spiro atoms. The molecule has 12 nitrogen and oxygen atoms in total. The molecule has 3 N–H and O–H groups in total. The fraction of sp³-hybridized carbons (Fsp3) is 0.560. The summed E-state index contributed by atoms with van der Waals surface area (Å²) in [6.45, 7) is 25.7. The van der Waals surface area contributed by atoms with Crippen molar-refractivity contribution >= 4 is 51.0 Å². The van der Waals surface area contributed by atoms with E-state index < -0.39 is 69.9 Å². The number of nitrogens with one attached hydrogen (secondary N) is 1. The maximum atomic E-state index is 15.9.